The molecule has 2 amide bonds. The summed E-state index contributed by atoms with van der Waals surface area (Å²) in [6.45, 7) is 0.223. The molecule has 5 rings (SSSR count). The quantitative estimate of drug-likeness (QED) is 0.667. The number of carbonyl (C=O) groups excluding carboxylic acids is 3. The third kappa shape index (κ3) is 3.93. The Kier molecular flexibility index (Phi) is 5.96. The lowest BCUT2D eigenvalue weighted by Gasteiger charge is -2.30. The summed E-state index contributed by atoms with van der Waals surface area (Å²) >= 11 is 7.69. The third-order valence-electron chi connectivity index (χ3n) is 6.49. The van der Waals surface area contributed by atoms with Gasteiger partial charge in [0.2, 0.25) is 5.91 Å². The third-order valence-corrected chi connectivity index (χ3v) is 7.99. The highest BCUT2D eigenvalue weighted by atomic mass is 35.5. The van der Waals surface area contributed by atoms with Gasteiger partial charge in [0, 0.05) is 12.7 Å². The van der Waals surface area contributed by atoms with E-state index in [1.54, 1.807) is 18.3 Å². The highest BCUT2D eigenvalue weighted by Gasteiger charge is 2.53. The molecular formula is C22H23ClN4O4S. The second-order valence-corrected chi connectivity index (χ2v) is 10.1. The highest BCUT2D eigenvalue weighted by molar-refractivity contribution is 7.17. The van der Waals surface area contributed by atoms with Crippen molar-refractivity contribution in [2.75, 3.05) is 13.2 Å². The number of alkyl halides is 1. The van der Waals surface area contributed by atoms with Crippen LogP contribution < -0.4 is 5.32 Å². The SMILES string of the molecule is O=C(N[C@H](C(=O)N1C[C@H](Cl)[C@H]2OCC(=O)[C@H]21)C1CCCC1)c1ccc(-c2ccncn2)s1. The van der Waals surface area contributed by atoms with Crippen LogP contribution in [0.3, 0.4) is 0 Å². The van der Waals surface area contributed by atoms with E-state index in [2.05, 4.69) is 15.3 Å². The van der Waals surface area contributed by atoms with Crippen LogP contribution in [0.2, 0.25) is 0 Å². The van der Waals surface area contributed by atoms with E-state index < -0.39 is 23.6 Å². The van der Waals surface area contributed by atoms with Crippen molar-refractivity contribution in [2.24, 2.45) is 5.92 Å². The molecule has 0 spiro atoms. The predicted octanol–water partition coefficient (Wildman–Crippen LogP) is 2.28. The summed E-state index contributed by atoms with van der Waals surface area (Å²) in [5, 5.41) is 2.55. The molecular weight excluding hydrogens is 452 g/mol. The van der Waals surface area contributed by atoms with E-state index in [0.29, 0.717) is 4.88 Å². The Hall–Kier alpha value is -2.36. The molecule has 1 saturated carbocycles. The average molecular weight is 475 g/mol. The number of rotatable bonds is 5. The van der Waals surface area contributed by atoms with Gasteiger partial charge in [-0.15, -0.1) is 22.9 Å². The number of aromatic nitrogens is 2. The molecule has 2 aromatic heterocycles. The Morgan fingerprint density at radius 1 is 1.25 bits per heavy atom. The summed E-state index contributed by atoms with van der Waals surface area (Å²) in [5.41, 5.74) is 0.739. The zero-order valence-electron chi connectivity index (χ0n) is 17.3. The van der Waals surface area contributed by atoms with Gasteiger partial charge in [0.1, 0.15) is 31.1 Å². The van der Waals surface area contributed by atoms with Gasteiger partial charge in [-0.2, -0.15) is 0 Å². The van der Waals surface area contributed by atoms with Crippen molar-refractivity contribution in [2.45, 2.75) is 49.2 Å². The Balaban J connectivity index is 1.36. The molecule has 0 unspecified atom stereocenters. The number of halogens is 1. The van der Waals surface area contributed by atoms with Gasteiger partial charge in [0.25, 0.3) is 5.91 Å². The van der Waals surface area contributed by atoms with Gasteiger partial charge < -0.3 is 15.0 Å². The van der Waals surface area contributed by atoms with Crippen molar-refractivity contribution in [3.63, 3.8) is 0 Å². The average Bonchev–Trinajstić information content (AvgIpc) is 3.59. The van der Waals surface area contributed by atoms with Gasteiger partial charge in [0.05, 0.1) is 20.8 Å². The number of nitrogens with zero attached hydrogens (tertiary/aromatic N) is 3. The number of hydrogen-bond acceptors (Lipinski definition) is 7. The number of fused-ring (bicyclic) bond motifs is 1. The summed E-state index contributed by atoms with van der Waals surface area (Å²) in [6, 6.07) is 4.02. The molecule has 10 heteroatoms. The second kappa shape index (κ2) is 8.88. The van der Waals surface area contributed by atoms with Crippen LogP contribution >= 0.6 is 22.9 Å². The molecule has 8 nitrogen and oxygen atoms in total. The largest absolute Gasteiger partial charge is 0.366 e. The predicted molar refractivity (Wildman–Crippen MR) is 118 cm³/mol. The topological polar surface area (TPSA) is 101 Å². The maximum absolute atomic E-state index is 13.6. The minimum absolute atomic E-state index is 0.0240. The fourth-order valence-electron chi connectivity index (χ4n) is 4.92. The molecule has 0 bridgehead atoms. The van der Waals surface area contributed by atoms with Crippen LogP contribution in [-0.4, -0.2) is 69.2 Å². The molecule has 1 N–H and O–H groups in total. The van der Waals surface area contributed by atoms with E-state index in [1.165, 1.54) is 22.6 Å². The number of ether oxygens (including phenoxy) is 1. The molecule has 2 saturated heterocycles. The Morgan fingerprint density at radius 3 is 2.81 bits per heavy atom. The molecule has 4 atom stereocenters. The van der Waals surface area contributed by atoms with Gasteiger partial charge in [-0.25, -0.2) is 9.97 Å². The van der Waals surface area contributed by atoms with Crippen LogP contribution in [0.4, 0.5) is 0 Å². The Labute approximate surface area is 194 Å². The molecule has 2 aromatic rings. The second-order valence-electron chi connectivity index (χ2n) is 8.45. The van der Waals surface area contributed by atoms with E-state index in [9.17, 15) is 14.4 Å². The van der Waals surface area contributed by atoms with Crippen molar-refractivity contribution < 1.29 is 19.1 Å². The van der Waals surface area contributed by atoms with Gasteiger partial charge in [-0.05, 0) is 37.0 Å². The first-order valence-corrected chi connectivity index (χ1v) is 12.0. The van der Waals surface area contributed by atoms with E-state index in [4.69, 9.17) is 16.3 Å². The zero-order valence-corrected chi connectivity index (χ0v) is 18.8. The summed E-state index contributed by atoms with van der Waals surface area (Å²) in [4.78, 5) is 50.1. The lowest BCUT2D eigenvalue weighted by Crippen LogP contribution is -2.54. The molecule has 1 aliphatic carbocycles. The molecule has 3 fully saturated rings. The normalized spacial score (nSPS) is 26.3. The van der Waals surface area contributed by atoms with Crippen LogP contribution in [0, 0.1) is 5.92 Å². The van der Waals surface area contributed by atoms with E-state index in [-0.39, 0.29) is 36.7 Å². The van der Waals surface area contributed by atoms with E-state index in [1.807, 2.05) is 6.07 Å². The van der Waals surface area contributed by atoms with Gasteiger partial charge >= 0.3 is 0 Å². The first-order chi connectivity index (χ1) is 15.5. The molecule has 0 radical (unpaired) electrons. The standard InChI is InChI=1S/C22H23ClN4O4S/c23-13-9-27(19-15(28)10-31-20(13)19)22(30)18(12-3-1-2-4-12)26-21(29)17-6-5-16(32-17)14-7-8-24-11-25-14/h5-8,11-13,18-20H,1-4,9-10H2,(H,26,29)/t13-,18-,19+,20+/m0/s1. The Morgan fingerprint density at radius 2 is 2.06 bits per heavy atom. The minimum Gasteiger partial charge on any atom is -0.366 e. The van der Waals surface area contributed by atoms with Crippen molar-refractivity contribution in [3.8, 4) is 10.6 Å². The minimum atomic E-state index is -0.689. The van der Waals surface area contributed by atoms with E-state index in [0.717, 1.165) is 36.3 Å². The van der Waals surface area contributed by atoms with Crippen LogP contribution in [-0.2, 0) is 14.3 Å². The van der Waals surface area contributed by atoms with Gasteiger partial charge in [0.15, 0.2) is 5.78 Å². The molecule has 0 aromatic carbocycles. The lowest BCUT2D eigenvalue weighted by molar-refractivity contribution is -0.139. The van der Waals surface area contributed by atoms with Crippen LogP contribution in [0.25, 0.3) is 10.6 Å². The molecule has 168 valence electrons. The number of Topliss-reactive ketones (excluding diaryl/α,β-unsaturated/α-hetero) is 1. The molecule has 2 aliphatic heterocycles. The fourth-order valence-corrected chi connectivity index (χ4v) is 6.17. The molecule has 3 aliphatic rings. The van der Waals surface area contributed by atoms with Crippen molar-refractivity contribution in [1.29, 1.82) is 0 Å². The molecule has 4 heterocycles. The fraction of sp³-hybridized carbons (Fsp3) is 0.500. The van der Waals surface area contributed by atoms with Crippen LogP contribution in [0.1, 0.15) is 35.4 Å². The number of likely N-dealkylation sites (tertiary alicyclic amines) is 1. The van der Waals surface area contributed by atoms with Crippen molar-refractivity contribution in [3.05, 3.63) is 35.6 Å². The van der Waals surface area contributed by atoms with Crippen LogP contribution in [0.15, 0.2) is 30.7 Å². The molecule has 32 heavy (non-hydrogen) atoms. The van der Waals surface area contributed by atoms with Gasteiger partial charge in [-0.1, -0.05) is 12.8 Å². The maximum atomic E-state index is 13.6. The smallest absolute Gasteiger partial charge is 0.262 e. The highest BCUT2D eigenvalue weighted by Crippen LogP contribution is 2.35. The first kappa shape index (κ1) is 21.5. The number of hydrogen-bond donors (Lipinski definition) is 1. The first-order valence-electron chi connectivity index (χ1n) is 10.8. The summed E-state index contributed by atoms with van der Waals surface area (Å²) < 4.78 is 5.51. The monoisotopic (exact) mass is 474 g/mol. The van der Waals surface area contributed by atoms with Crippen molar-refractivity contribution >= 4 is 40.5 Å². The number of nitrogens with one attached hydrogen (secondary N) is 1. The van der Waals surface area contributed by atoms with E-state index >= 15 is 0 Å². The number of carbonyl (C=O) groups is 3. The summed E-state index contributed by atoms with van der Waals surface area (Å²) in [7, 11) is 0. The lowest BCUT2D eigenvalue weighted by atomic mass is 9.96. The number of amides is 2. The summed E-state index contributed by atoms with van der Waals surface area (Å²) in [5.74, 6) is -0.628. The zero-order chi connectivity index (χ0) is 22.2. The Bertz CT molecular complexity index is 1030. The van der Waals surface area contributed by atoms with Crippen molar-refractivity contribution in [1.82, 2.24) is 20.2 Å². The maximum Gasteiger partial charge on any atom is 0.262 e. The number of thiophene rings is 1. The van der Waals surface area contributed by atoms with Gasteiger partial charge in [-0.3, -0.25) is 14.4 Å². The number of ketones is 1. The summed E-state index contributed by atoms with van der Waals surface area (Å²) in [6.07, 6.45) is 6.42. The van der Waals surface area contributed by atoms with Crippen LogP contribution in [0.5, 0.6) is 0 Å².